The zero-order valence-electron chi connectivity index (χ0n) is 11.1. The molecular weight excluding hydrogens is 186 g/mol. The molecule has 1 amide bonds. The molecule has 0 aliphatic heterocycles. The lowest BCUT2D eigenvalue weighted by atomic mass is 10.1. The van der Waals surface area contributed by atoms with Crippen molar-refractivity contribution in [3.05, 3.63) is 0 Å². The second-order valence-corrected chi connectivity index (χ2v) is 3.60. The molecule has 0 aromatic carbocycles. The molecule has 0 aliphatic rings. The first-order chi connectivity index (χ1) is 7.27. The van der Waals surface area contributed by atoms with Crippen LogP contribution >= 0.6 is 0 Å². The van der Waals surface area contributed by atoms with Crippen LogP contribution in [0.25, 0.3) is 0 Å². The fourth-order valence-corrected chi connectivity index (χ4v) is 1.35. The van der Waals surface area contributed by atoms with Crippen molar-refractivity contribution in [2.45, 2.75) is 72.6 Å². The van der Waals surface area contributed by atoms with Gasteiger partial charge in [-0.15, -0.1) is 0 Å². The molecular formula is C13H29NO. The topological polar surface area (TPSA) is 29.1 Å². The van der Waals surface area contributed by atoms with E-state index in [0.717, 1.165) is 13.0 Å². The lowest BCUT2D eigenvalue weighted by Crippen LogP contribution is -2.20. The van der Waals surface area contributed by atoms with Crippen molar-refractivity contribution in [2.24, 2.45) is 0 Å². The third-order valence-electron chi connectivity index (χ3n) is 2.15. The van der Waals surface area contributed by atoms with Crippen LogP contribution in [0.5, 0.6) is 0 Å². The van der Waals surface area contributed by atoms with Crippen LogP contribution in [-0.2, 0) is 4.79 Å². The van der Waals surface area contributed by atoms with Gasteiger partial charge in [-0.1, -0.05) is 59.3 Å². The molecule has 0 bridgehead atoms. The Morgan fingerprint density at radius 2 is 1.40 bits per heavy atom. The highest BCUT2D eigenvalue weighted by atomic mass is 16.1. The van der Waals surface area contributed by atoms with E-state index in [0.29, 0.717) is 0 Å². The van der Waals surface area contributed by atoms with Gasteiger partial charge in [0, 0.05) is 13.5 Å². The molecule has 0 rings (SSSR count). The van der Waals surface area contributed by atoms with E-state index in [1.807, 2.05) is 13.8 Å². The van der Waals surface area contributed by atoms with E-state index in [9.17, 15) is 4.79 Å². The highest BCUT2D eigenvalue weighted by Crippen LogP contribution is 2.05. The quantitative estimate of drug-likeness (QED) is 0.611. The fraction of sp³-hybridized carbons (Fsp3) is 0.923. The van der Waals surface area contributed by atoms with Crippen molar-refractivity contribution in [1.29, 1.82) is 0 Å². The normalized spacial score (nSPS) is 9.07. The minimum Gasteiger partial charge on any atom is -0.356 e. The van der Waals surface area contributed by atoms with E-state index in [4.69, 9.17) is 0 Å². The molecule has 92 valence electrons. The van der Waals surface area contributed by atoms with Crippen molar-refractivity contribution in [3.8, 4) is 0 Å². The van der Waals surface area contributed by atoms with Crippen molar-refractivity contribution in [1.82, 2.24) is 5.32 Å². The first kappa shape index (κ1) is 16.9. The lowest BCUT2D eigenvalue weighted by Gasteiger charge is -2.01. The maximum Gasteiger partial charge on any atom is 0.216 e. The average Bonchev–Trinajstić information content (AvgIpc) is 2.24. The van der Waals surface area contributed by atoms with Crippen LogP contribution in [0.3, 0.4) is 0 Å². The Morgan fingerprint density at radius 3 is 1.87 bits per heavy atom. The van der Waals surface area contributed by atoms with Gasteiger partial charge in [-0.25, -0.2) is 0 Å². The van der Waals surface area contributed by atoms with Crippen LogP contribution in [0.2, 0.25) is 0 Å². The monoisotopic (exact) mass is 215 g/mol. The largest absolute Gasteiger partial charge is 0.356 e. The van der Waals surface area contributed by atoms with Crippen molar-refractivity contribution in [2.75, 3.05) is 6.54 Å². The van der Waals surface area contributed by atoms with Crippen LogP contribution in [0, 0.1) is 0 Å². The number of nitrogens with one attached hydrogen (secondary N) is 1. The Morgan fingerprint density at radius 1 is 0.933 bits per heavy atom. The number of hydrogen-bond acceptors (Lipinski definition) is 1. The van der Waals surface area contributed by atoms with Gasteiger partial charge in [-0.2, -0.15) is 0 Å². The second kappa shape index (κ2) is 15.9. The van der Waals surface area contributed by atoms with Gasteiger partial charge in [0.1, 0.15) is 0 Å². The summed E-state index contributed by atoms with van der Waals surface area (Å²) in [7, 11) is 0. The second-order valence-electron chi connectivity index (χ2n) is 3.60. The smallest absolute Gasteiger partial charge is 0.216 e. The van der Waals surface area contributed by atoms with Crippen LogP contribution in [0.1, 0.15) is 72.6 Å². The Balaban J connectivity index is 0. The van der Waals surface area contributed by atoms with Gasteiger partial charge in [0.25, 0.3) is 0 Å². The van der Waals surface area contributed by atoms with Crippen LogP contribution in [0.4, 0.5) is 0 Å². The molecule has 0 fully saturated rings. The first-order valence-corrected chi connectivity index (χ1v) is 6.51. The van der Waals surface area contributed by atoms with Crippen LogP contribution in [0.15, 0.2) is 0 Å². The Kier molecular flexibility index (Phi) is 17.9. The van der Waals surface area contributed by atoms with Gasteiger partial charge in [-0.05, 0) is 6.42 Å². The fourth-order valence-electron chi connectivity index (χ4n) is 1.35. The van der Waals surface area contributed by atoms with E-state index in [-0.39, 0.29) is 5.91 Å². The van der Waals surface area contributed by atoms with Crippen LogP contribution in [-0.4, -0.2) is 12.5 Å². The lowest BCUT2D eigenvalue weighted by molar-refractivity contribution is -0.118. The molecule has 2 heteroatoms. The van der Waals surface area contributed by atoms with Gasteiger partial charge in [0.15, 0.2) is 0 Å². The van der Waals surface area contributed by atoms with Gasteiger partial charge in [0.2, 0.25) is 5.91 Å². The molecule has 15 heavy (non-hydrogen) atoms. The molecule has 0 spiro atoms. The van der Waals surface area contributed by atoms with E-state index >= 15 is 0 Å². The SMILES string of the molecule is CC.CCCCCCCCCNC(C)=O. The predicted octanol–water partition coefficient (Wildman–Crippen LogP) is 3.90. The minimum atomic E-state index is 0.0889. The van der Waals surface area contributed by atoms with Gasteiger partial charge in [-0.3, -0.25) is 4.79 Å². The molecule has 2 nitrogen and oxygen atoms in total. The van der Waals surface area contributed by atoms with E-state index in [2.05, 4.69) is 12.2 Å². The molecule has 0 aromatic heterocycles. The standard InChI is InChI=1S/C11H23NO.C2H6/c1-3-4-5-6-7-8-9-10-12-11(2)13;1-2/h3-10H2,1-2H3,(H,12,13);1-2H3. The maximum absolute atomic E-state index is 10.5. The summed E-state index contributed by atoms with van der Waals surface area (Å²) in [6, 6.07) is 0. The molecule has 0 aromatic rings. The summed E-state index contributed by atoms with van der Waals surface area (Å²) in [6.07, 6.45) is 9.11. The van der Waals surface area contributed by atoms with Crippen molar-refractivity contribution in [3.63, 3.8) is 0 Å². The third-order valence-corrected chi connectivity index (χ3v) is 2.15. The van der Waals surface area contributed by atoms with E-state index in [1.165, 1.54) is 38.5 Å². The molecule has 0 saturated carbocycles. The zero-order valence-corrected chi connectivity index (χ0v) is 11.1. The Labute approximate surface area is 95.8 Å². The van der Waals surface area contributed by atoms with Crippen LogP contribution < -0.4 is 5.32 Å². The van der Waals surface area contributed by atoms with Crippen molar-refractivity contribution >= 4 is 5.91 Å². The first-order valence-electron chi connectivity index (χ1n) is 6.51. The van der Waals surface area contributed by atoms with E-state index in [1.54, 1.807) is 6.92 Å². The highest BCUT2D eigenvalue weighted by molar-refractivity contribution is 5.72. The summed E-state index contributed by atoms with van der Waals surface area (Å²) < 4.78 is 0. The molecule has 0 saturated heterocycles. The molecule has 0 atom stereocenters. The van der Waals surface area contributed by atoms with Crippen molar-refractivity contribution < 1.29 is 4.79 Å². The number of amides is 1. The number of rotatable bonds is 8. The van der Waals surface area contributed by atoms with Gasteiger partial charge < -0.3 is 5.32 Å². The van der Waals surface area contributed by atoms with E-state index < -0.39 is 0 Å². The summed E-state index contributed by atoms with van der Waals surface area (Å²) in [4.78, 5) is 10.5. The highest BCUT2D eigenvalue weighted by Gasteiger charge is 1.91. The number of carbonyl (C=O) groups excluding carboxylic acids is 1. The summed E-state index contributed by atoms with van der Waals surface area (Å²) in [5.41, 5.74) is 0. The summed E-state index contributed by atoms with van der Waals surface area (Å²) in [5.74, 6) is 0.0889. The summed E-state index contributed by atoms with van der Waals surface area (Å²) in [6.45, 7) is 8.65. The molecule has 0 heterocycles. The molecule has 0 aliphatic carbocycles. The maximum atomic E-state index is 10.5. The summed E-state index contributed by atoms with van der Waals surface area (Å²) in [5, 5.41) is 2.81. The molecule has 0 radical (unpaired) electrons. The van der Waals surface area contributed by atoms with Gasteiger partial charge >= 0.3 is 0 Å². The van der Waals surface area contributed by atoms with Gasteiger partial charge in [0.05, 0.1) is 0 Å². The molecule has 1 N–H and O–H groups in total. The Hall–Kier alpha value is -0.530. The average molecular weight is 215 g/mol. The minimum absolute atomic E-state index is 0.0889. The molecule has 0 unspecified atom stereocenters. The zero-order chi connectivity index (χ0) is 11.9. The third kappa shape index (κ3) is 19.8. The Bertz CT molecular complexity index is 124. The summed E-state index contributed by atoms with van der Waals surface area (Å²) >= 11 is 0. The number of unbranched alkanes of at least 4 members (excludes halogenated alkanes) is 6. The number of hydrogen-bond donors (Lipinski definition) is 1. The predicted molar refractivity (Wildman–Crippen MR) is 68.0 cm³/mol. The number of carbonyl (C=O) groups is 1.